The van der Waals surface area contributed by atoms with Gasteiger partial charge in [0.15, 0.2) is 0 Å². The van der Waals surface area contributed by atoms with E-state index in [0.29, 0.717) is 18.9 Å². The third-order valence-electron chi connectivity index (χ3n) is 7.67. The Bertz CT molecular complexity index is 1350. The highest BCUT2D eigenvalue weighted by molar-refractivity contribution is 6.23. The molecule has 2 aromatic rings. The number of fused-ring (bicyclic) bond motifs is 5. The van der Waals surface area contributed by atoms with Crippen LogP contribution in [-0.4, -0.2) is 29.6 Å². The van der Waals surface area contributed by atoms with E-state index in [2.05, 4.69) is 0 Å². The van der Waals surface area contributed by atoms with Crippen LogP contribution in [-0.2, 0) is 26.7 Å². The fourth-order valence-corrected chi connectivity index (χ4v) is 5.95. The van der Waals surface area contributed by atoms with Crippen LogP contribution in [0.4, 0.5) is 32.0 Å². The number of nitrogens with zero attached hydrogens (tertiary/aromatic N) is 2. The summed E-state index contributed by atoms with van der Waals surface area (Å²) in [6.07, 6.45) is -8.39. The van der Waals surface area contributed by atoms with E-state index >= 15 is 0 Å². The van der Waals surface area contributed by atoms with Gasteiger partial charge in [0.25, 0.3) is 0 Å². The standard InChI is InChI=1S/C26H20F6N2O4/c1-23-8-9-24(38-23,10-11-37-17-6-3-15(4-7-17)25(27,28)29)20-19(23)21(35)34(22(20)36)16-5-2-14(13-33)18(12-16)26(30,31)32/h2-7,12,19-20H,8-11H2,1H3/t19-,20+,23?,24?/m1/s1. The molecule has 4 atom stereocenters. The summed E-state index contributed by atoms with van der Waals surface area (Å²) in [4.78, 5) is 27.7. The Morgan fingerprint density at radius 1 is 1.00 bits per heavy atom. The first kappa shape index (κ1) is 26.0. The number of alkyl halides is 6. The molecule has 3 saturated heterocycles. The number of carbonyl (C=O) groups is 2. The molecule has 2 amide bonds. The first-order valence-corrected chi connectivity index (χ1v) is 11.7. The summed E-state index contributed by atoms with van der Waals surface area (Å²) in [5.41, 5.74) is -5.12. The molecule has 12 heteroatoms. The Hall–Kier alpha value is -3.59. The Labute approximate surface area is 212 Å². The average molecular weight is 538 g/mol. The Balaban J connectivity index is 1.39. The van der Waals surface area contributed by atoms with Gasteiger partial charge in [0.05, 0.1) is 58.1 Å². The minimum Gasteiger partial charge on any atom is -0.493 e. The quantitative estimate of drug-likeness (QED) is 0.372. The van der Waals surface area contributed by atoms with Gasteiger partial charge in [-0.15, -0.1) is 0 Å². The number of halogens is 6. The molecule has 2 unspecified atom stereocenters. The zero-order valence-electron chi connectivity index (χ0n) is 19.8. The molecule has 3 heterocycles. The summed E-state index contributed by atoms with van der Waals surface area (Å²) in [6.45, 7) is 1.66. The van der Waals surface area contributed by atoms with E-state index in [4.69, 9.17) is 14.7 Å². The van der Waals surface area contributed by atoms with E-state index in [1.807, 2.05) is 0 Å². The molecule has 200 valence electrons. The molecular formula is C26H20F6N2O4. The number of anilines is 1. The van der Waals surface area contributed by atoms with Gasteiger partial charge >= 0.3 is 12.4 Å². The van der Waals surface area contributed by atoms with Crippen molar-refractivity contribution in [3.63, 3.8) is 0 Å². The van der Waals surface area contributed by atoms with Crippen molar-refractivity contribution >= 4 is 17.5 Å². The highest BCUT2D eigenvalue weighted by atomic mass is 19.4. The molecule has 38 heavy (non-hydrogen) atoms. The van der Waals surface area contributed by atoms with Gasteiger partial charge in [-0.3, -0.25) is 9.59 Å². The molecule has 0 spiro atoms. The lowest BCUT2D eigenvalue weighted by Gasteiger charge is -2.31. The van der Waals surface area contributed by atoms with Gasteiger partial charge in [0.2, 0.25) is 11.8 Å². The molecule has 0 radical (unpaired) electrons. The van der Waals surface area contributed by atoms with Gasteiger partial charge in [0.1, 0.15) is 5.75 Å². The van der Waals surface area contributed by atoms with E-state index in [-0.39, 0.29) is 24.5 Å². The number of ether oxygens (including phenoxy) is 2. The fourth-order valence-electron chi connectivity index (χ4n) is 5.95. The van der Waals surface area contributed by atoms with Crippen molar-refractivity contribution in [2.24, 2.45) is 11.8 Å². The van der Waals surface area contributed by atoms with Crippen LogP contribution >= 0.6 is 0 Å². The summed E-state index contributed by atoms with van der Waals surface area (Å²) in [6, 6.07) is 8.26. The van der Waals surface area contributed by atoms with Gasteiger partial charge in [-0.2, -0.15) is 31.6 Å². The van der Waals surface area contributed by atoms with Crippen LogP contribution < -0.4 is 9.64 Å². The molecule has 0 saturated carbocycles. The average Bonchev–Trinajstić information content (AvgIpc) is 3.42. The molecule has 3 fully saturated rings. The lowest BCUT2D eigenvalue weighted by Crippen LogP contribution is -2.43. The topological polar surface area (TPSA) is 79.6 Å². The van der Waals surface area contributed by atoms with Crippen LogP contribution in [0.5, 0.6) is 5.75 Å². The van der Waals surface area contributed by atoms with Crippen LogP contribution in [0.1, 0.15) is 42.9 Å². The number of hydrogen-bond acceptors (Lipinski definition) is 5. The monoisotopic (exact) mass is 538 g/mol. The van der Waals surface area contributed by atoms with Crippen molar-refractivity contribution in [1.82, 2.24) is 0 Å². The second kappa shape index (κ2) is 8.46. The SMILES string of the molecule is CC12CCC(CCOc3ccc(C(F)(F)F)cc3)(O1)[C@@H]1C(=O)N(c3ccc(C#N)c(C(F)(F)F)c3)C(=O)[C@@H]12. The van der Waals surface area contributed by atoms with Crippen LogP contribution in [0, 0.1) is 23.2 Å². The molecular weight excluding hydrogens is 518 g/mol. The third-order valence-corrected chi connectivity index (χ3v) is 7.67. The lowest BCUT2D eigenvalue weighted by atomic mass is 9.67. The van der Waals surface area contributed by atoms with E-state index in [1.54, 1.807) is 6.92 Å². The van der Waals surface area contributed by atoms with Gasteiger partial charge in [0, 0.05) is 6.42 Å². The maximum Gasteiger partial charge on any atom is 0.417 e. The Morgan fingerprint density at radius 2 is 1.66 bits per heavy atom. The second-order valence-electron chi connectivity index (χ2n) is 9.91. The molecule has 2 bridgehead atoms. The maximum atomic E-state index is 13.5. The van der Waals surface area contributed by atoms with Crippen molar-refractivity contribution in [3.05, 3.63) is 59.2 Å². The number of hydrogen-bond donors (Lipinski definition) is 0. The highest BCUT2D eigenvalue weighted by Gasteiger charge is 2.73. The number of nitriles is 1. The van der Waals surface area contributed by atoms with Crippen molar-refractivity contribution in [2.45, 2.75) is 49.7 Å². The molecule has 6 nitrogen and oxygen atoms in total. The van der Waals surface area contributed by atoms with Gasteiger partial charge < -0.3 is 9.47 Å². The molecule has 2 aromatic carbocycles. The van der Waals surface area contributed by atoms with Gasteiger partial charge in [-0.25, -0.2) is 4.90 Å². The van der Waals surface area contributed by atoms with Crippen molar-refractivity contribution in [3.8, 4) is 11.8 Å². The van der Waals surface area contributed by atoms with E-state index in [0.717, 1.165) is 29.2 Å². The predicted octanol–water partition coefficient (Wildman–Crippen LogP) is 5.49. The van der Waals surface area contributed by atoms with Crippen LogP contribution in [0.3, 0.4) is 0 Å². The first-order valence-electron chi connectivity index (χ1n) is 11.7. The van der Waals surface area contributed by atoms with E-state index < -0.39 is 63.9 Å². The van der Waals surface area contributed by atoms with Crippen molar-refractivity contribution < 1.29 is 45.4 Å². The summed E-state index contributed by atoms with van der Waals surface area (Å²) < 4.78 is 90.7. The Kier molecular flexibility index (Phi) is 5.80. The van der Waals surface area contributed by atoms with Crippen LogP contribution in [0.2, 0.25) is 0 Å². The van der Waals surface area contributed by atoms with Crippen molar-refractivity contribution in [1.29, 1.82) is 5.26 Å². The van der Waals surface area contributed by atoms with E-state index in [9.17, 15) is 35.9 Å². The van der Waals surface area contributed by atoms with Gasteiger partial charge in [-0.05, 0) is 62.2 Å². The number of rotatable bonds is 5. The molecule has 0 aromatic heterocycles. The summed E-state index contributed by atoms with van der Waals surface area (Å²) in [5.74, 6) is -3.08. The molecule has 3 aliphatic heterocycles. The predicted molar refractivity (Wildman–Crippen MR) is 119 cm³/mol. The number of benzene rings is 2. The lowest BCUT2D eigenvalue weighted by molar-refractivity contribution is -0.138. The van der Waals surface area contributed by atoms with E-state index in [1.165, 1.54) is 18.2 Å². The second-order valence-corrected chi connectivity index (χ2v) is 9.91. The Morgan fingerprint density at radius 3 is 2.26 bits per heavy atom. The molecule has 0 N–H and O–H groups in total. The zero-order chi connectivity index (χ0) is 27.7. The van der Waals surface area contributed by atoms with Crippen molar-refractivity contribution in [2.75, 3.05) is 11.5 Å². The normalized spacial score (nSPS) is 28.5. The van der Waals surface area contributed by atoms with Gasteiger partial charge in [-0.1, -0.05) is 0 Å². The molecule has 0 aliphatic carbocycles. The van der Waals surface area contributed by atoms with Crippen LogP contribution in [0.15, 0.2) is 42.5 Å². The molecule has 3 aliphatic rings. The molecule has 5 rings (SSSR count). The maximum absolute atomic E-state index is 13.5. The minimum atomic E-state index is -4.87. The number of imide groups is 1. The minimum absolute atomic E-state index is 0.0266. The largest absolute Gasteiger partial charge is 0.493 e. The smallest absolute Gasteiger partial charge is 0.417 e. The van der Waals surface area contributed by atoms with Crippen LogP contribution in [0.25, 0.3) is 0 Å². The number of amides is 2. The zero-order valence-corrected chi connectivity index (χ0v) is 19.8. The first-order chi connectivity index (χ1) is 17.7. The summed E-state index contributed by atoms with van der Waals surface area (Å²) in [7, 11) is 0. The summed E-state index contributed by atoms with van der Waals surface area (Å²) >= 11 is 0. The fraction of sp³-hybridized carbons (Fsp3) is 0.423. The third kappa shape index (κ3) is 4.00. The number of carbonyl (C=O) groups excluding carboxylic acids is 2. The highest BCUT2D eigenvalue weighted by Crippen LogP contribution is 2.62. The summed E-state index contributed by atoms with van der Waals surface area (Å²) in [5, 5.41) is 9.06.